The second-order valence-electron chi connectivity index (χ2n) is 7.28. The number of pyridine rings is 1. The predicted molar refractivity (Wildman–Crippen MR) is 108 cm³/mol. The summed E-state index contributed by atoms with van der Waals surface area (Å²) in [6.07, 6.45) is -3.21. The molecule has 3 unspecified atom stereocenters. The molecule has 1 aromatic heterocycles. The molecule has 17 nitrogen and oxygen atoms in total. The Bertz CT molecular complexity index is 1300. The van der Waals surface area contributed by atoms with E-state index in [1.165, 1.54) is 30.2 Å². The number of aromatic amines is 1. The number of ether oxygens (including phenoxy) is 1. The molecule has 0 bridgehead atoms. The van der Waals surface area contributed by atoms with Gasteiger partial charge in [0.1, 0.15) is 29.1 Å². The van der Waals surface area contributed by atoms with Crippen molar-refractivity contribution in [3.63, 3.8) is 0 Å². The van der Waals surface area contributed by atoms with Gasteiger partial charge in [-0.15, -0.1) is 0 Å². The van der Waals surface area contributed by atoms with Crippen molar-refractivity contribution < 1.29 is 61.4 Å². The third-order valence-electron chi connectivity index (χ3n) is 4.57. The van der Waals surface area contributed by atoms with Crippen molar-refractivity contribution in [3.05, 3.63) is 45.6 Å². The third-order valence-corrected chi connectivity index (χ3v) is 8.37. The van der Waals surface area contributed by atoms with Gasteiger partial charge < -0.3 is 44.4 Å². The van der Waals surface area contributed by atoms with Crippen molar-refractivity contribution >= 4 is 29.7 Å². The van der Waals surface area contributed by atoms with E-state index in [1.54, 1.807) is 0 Å². The molecule has 2 aliphatic rings. The van der Waals surface area contributed by atoms with Crippen LogP contribution in [0, 0.1) is 0 Å². The predicted octanol–water partition coefficient (Wildman–Crippen LogP) is -2.30. The van der Waals surface area contributed by atoms with Gasteiger partial charge in [-0.2, -0.15) is 8.62 Å². The molecule has 20 heteroatoms. The van der Waals surface area contributed by atoms with Crippen molar-refractivity contribution in [3.8, 4) is 0 Å². The zero-order valence-electron chi connectivity index (χ0n) is 17.1. The van der Waals surface area contributed by atoms with E-state index < -0.39 is 59.7 Å². The zero-order chi connectivity index (χ0) is 25.7. The Kier molecular flexibility index (Phi) is 7.28. The highest BCUT2D eigenvalue weighted by Gasteiger charge is 2.55. The van der Waals surface area contributed by atoms with E-state index in [0.29, 0.717) is 5.22 Å². The number of aliphatic hydroxyl groups excluding tert-OH is 1. The molecule has 7 N–H and O–H groups in total. The van der Waals surface area contributed by atoms with Gasteiger partial charge >= 0.3 is 23.5 Å². The zero-order valence-corrected chi connectivity index (χ0v) is 19.7. The minimum absolute atomic E-state index is 0.000334. The van der Waals surface area contributed by atoms with E-state index in [4.69, 9.17) is 14.5 Å². The lowest BCUT2D eigenvalue weighted by atomic mass is 9.96. The normalized spacial score (nSPS) is 30.6. The van der Waals surface area contributed by atoms with E-state index in [1.807, 2.05) is 0 Å². The third kappa shape index (κ3) is 6.17. The molecule has 0 saturated carbocycles. The smallest absolute Gasteiger partial charge is 0.387 e. The van der Waals surface area contributed by atoms with E-state index >= 15 is 0 Å². The van der Waals surface area contributed by atoms with E-state index in [9.17, 15) is 38.5 Å². The number of hydrogen-bond acceptors (Lipinski definition) is 12. The van der Waals surface area contributed by atoms with Gasteiger partial charge in [0.2, 0.25) is 5.56 Å². The van der Waals surface area contributed by atoms with Crippen LogP contribution in [-0.4, -0.2) is 70.3 Å². The molecule has 0 radical (unpaired) electrons. The fourth-order valence-electron chi connectivity index (χ4n) is 3.13. The number of fused-ring (bicyclic) bond motifs is 1. The fourth-order valence-corrected chi connectivity index (χ4v) is 6.16. The number of phosphoric ester groups is 1. The van der Waals surface area contributed by atoms with Crippen molar-refractivity contribution in [1.82, 2.24) is 9.88 Å². The molecule has 0 amide bonds. The van der Waals surface area contributed by atoms with Gasteiger partial charge in [-0.05, 0) is 13.0 Å². The number of nitrogens with zero attached hydrogens (tertiary/aromatic N) is 2. The highest BCUT2D eigenvalue weighted by Crippen LogP contribution is 2.66. The first-order chi connectivity index (χ1) is 15.4. The van der Waals surface area contributed by atoms with Crippen LogP contribution in [-0.2, 0) is 31.6 Å². The molecule has 6 atom stereocenters. The molecule has 0 spiro atoms. The fraction of sp³-hybridized carbons (Fsp3) is 0.429. The Morgan fingerprint density at radius 3 is 2.47 bits per heavy atom. The maximum atomic E-state index is 11.9. The quantitative estimate of drug-likeness (QED) is 0.169. The number of H-pyrrole nitrogens is 1. The minimum Gasteiger partial charge on any atom is -0.387 e. The summed E-state index contributed by atoms with van der Waals surface area (Å²) in [5, 5.41) is 21.7. The molecule has 34 heavy (non-hydrogen) atoms. The summed E-state index contributed by atoms with van der Waals surface area (Å²) in [4.78, 5) is 55.1. The monoisotopic (exact) mass is 547 g/mol. The van der Waals surface area contributed by atoms with E-state index in [0.717, 1.165) is 0 Å². The standard InChI is InChI=1S/C14H20N3O14P3/c1-7-15-12-8(3-4-10(18)16-12)5-17(7)13-14(2,20)11(19)9(29-13)6-28-33(24,25)31-34(26,27)30-32(21,22)23/h3-5,9,11,13,19-20H,1,6H2,2H3,(H,24,25)(H,26,27)(H,15,16,18)(H2,21,22,23)/t9-,11-,13?,14-/m1/s1. The highest BCUT2D eigenvalue weighted by atomic mass is 31.3. The van der Waals surface area contributed by atoms with Crippen molar-refractivity contribution in [2.75, 3.05) is 6.61 Å². The molecular weight excluding hydrogens is 527 g/mol. The van der Waals surface area contributed by atoms with Gasteiger partial charge in [0, 0.05) is 17.5 Å². The van der Waals surface area contributed by atoms with Crippen molar-refractivity contribution in [2.24, 2.45) is 4.99 Å². The number of rotatable bonds is 8. The first kappa shape index (κ1) is 27.0. The van der Waals surface area contributed by atoms with E-state index in [2.05, 4.69) is 29.7 Å². The average Bonchev–Trinajstić information content (AvgIpc) is 2.86. The second kappa shape index (κ2) is 9.15. The number of aromatic nitrogens is 1. The maximum Gasteiger partial charge on any atom is 0.490 e. The maximum absolute atomic E-state index is 11.9. The largest absolute Gasteiger partial charge is 0.490 e. The summed E-state index contributed by atoms with van der Waals surface area (Å²) in [6.45, 7) is 3.89. The second-order valence-corrected chi connectivity index (χ2v) is 11.7. The van der Waals surface area contributed by atoms with Gasteiger partial charge in [0.15, 0.2) is 6.23 Å². The van der Waals surface area contributed by atoms with Crippen LogP contribution >= 0.6 is 23.5 Å². The number of phosphoric acid groups is 3. The SMILES string of the molecule is C=C1N=c2[nH]c(=O)ccc2=CN1C1O[C@H](COP(=O)(O)OP(=O)(O)OP(=O)(O)O)[C@@H](O)[C@@]1(C)O. The topological polar surface area (TPSA) is 258 Å². The Hall–Kier alpha value is -1.55. The molecular formula is C14H20N3O14P3. The summed E-state index contributed by atoms with van der Waals surface area (Å²) >= 11 is 0. The molecule has 0 aliphatic carbocycles. The van der Waals surface area contributed by atoms with Gasteiger partial charge in [0.05, 0.1) is 6.61 Å². The number of nitrogens with one attached hydrogen (secondary N) is 1. The Morgan fingerprint density at radius 1 is 1.21 bits per heavy atom. The highest BCUT2D eigenvalue weighted by molar-refractivity contribution is 7.66. The molecule has 2 aliphatic heterocycles. The van der Waals surface area contributed by atoms with Crippen molar-refractivity contribution in [2.45, 2.75) is 31.0 Å². The summed E-state index contributed by atoms with van der Waals surface area (Å²) < 4.78 is 51.2. The van der Waals surface area contributed by atoms with Crippen LogP contribution in [0.4, 0.5) is 0 Å². The van der Waals surface area contributed by atoms with Gasteiger partial charge in [0.25, 0.3) is 0 Å². The van der Waals surface area contributed by atoms with Crippen LogP contribution in [0.5, 0.6) is 0 Å². The summed E-state index contributed by atoms with van der Waals surface area (Å²) in [5.41, 5.74) is -2.27. The van der Waals surface area contributed by atoms with Crippen LogP contribution in [0.1, 0.15) is 6.92 Å². The van der Waals surface area contributed by atoms with Crippen LogP contribution in [0.25, 0.3) is 6.20 Å². The first-order valence-electron chi connectivity index (χ1n) is 9.02. The Labute approximate surface area is 189 Å². The Morgan fingerprint density at radius 2 is 1.85 bits per heavy atom. The Balaban J connectivity index is 1.75. The summed E-state index contributed by atoms with van der Waals surface area (Å²) in [6, 6.07) is 2.66. The molecule has 1 saturated heterocycles. The van der Waals surface area contributed by atoms with Crippen LogP contribution in [0.3, 0.4) is 0 Å². The molecule has 3 heterocycles. The van der Waals surface area contributed by atoms with Crippen LogP contribution in [0.2, 0.25) is 0 Å². The van der Waals surface area contributed by atoms with Gasteiger partial charge in [-0.3, -0.25) is 9.32 Å². The molecule has 0 aromatic carbocycles. The molecule has 1 aromatic rings. The molecule has 190 valence electrons. The van der Waals surface area contributed by atoms with Crippen LogP contribution in [0.15, 0.2) is 34.3 Å². The molecule has 3 rings (SSSR count). The lowest BCUT2D eigenvalue weighted by Crippen LogP contribution is -2.53. The lowest BCUT2D eigenvalue weighted by Gasteiger charge is -2.35. The first-order valence-corrected chi connectivity index (χ1v) is 13.5. The lowest BCUT2D eigenvalue weighted by molar-refractivity contribution is -0.105. The van der Waals surface area contributed by atoms with Crippen molar-refractivity contribution in [1.29, 1.82) is 0 Å². The number of hydrogen-bond donors (Lipinski definition) is 7. The number of aliphatic hydroxyl groups is 2. The summed E-state index contributed by atoms with van der Waals surface area (Å²) in [5.74, 6) is 0.000334. The van der Waals surface area contributed by atoms with E-state index in [-0.39, 0.29) is 11.3 Å². The molecule has 1 fully saturated rings. The van der Waals surface area contributed by atoms with Gasteiger partial charge in [-0.25, -0.2) is 18.7 Å². The van der Waals surface area contributed by atoms with Gasteiger partial charge in [-0.1, -0.05) is 6.58 Å². The summed E-state index contributed by atoms with van der Waals surface area (Å²) in [7, 11) is -16.8. The minimum atomic E-state index is -5.73. The van der Waals surface area contributed by atoms with Crippen LogP contribution < -0.4 is 16.3 Å². The average molecular weight is 547 g/mol.